The summed E-state index contributed by atoms with van der Waals surface area (Å²) in [6.45, 7) is 1.20. The molecule has 0 aliphatic rings. The average Bonchev–Trinajstić information content (AvgIpc) is 2.57. The second kappa shape index (κ2) is 8.25. The molecule has 0 radical (unpaired) electrons. The fraction of sp³-hybridized carbons (Fsp3) is 0.176. The highest BCUT2D eigenvalue weighted by atomic mass is 35.5. The molecule has 0 aromatic heterocycles. The molecule has 2 rings (SSSR count). The molecule has 7 nitrogen and oxygen atoms in total. The molecular weight excluding hydrogens is 348 g/mol. The van der Waals surface area contributed by atoms with Gasteiger partial charge < -0.3 is 10.1 Å². The third-order valence-corrected chi connectivity index (χ3v) is 3.73. The summed E-state index contributed by atoms with van der Waals surface area (Å²) in [7, 11) is 0. The van der Waals surface area contributed by atoms with Crippen LogP contribution in [0.1, 0.15) is 11.1 Å². The van der Waals surface area contributed by atoms with Gasteiger partial charge in [0, 0.05) is 17.2 Å². The van der Waals surface area contributed by atoms with Crippen LogP contribution in [0.15, 0.2) is 42.5 Å². The van der Waals surface area contributed by atoms with Crippen molar-refractivity contribution in [2.45, 2.75) is 13.3 Å². The minimum absolute atomic E-state index is 0.0528. The van der Waals surface area contributed by atoms with Crippen LogP contribution in [0.2, 0.25) is 5.02 Å². The summed E-state index contributed by atoms with van der Waals surface area (Å²) in [6, 6.07) is 10.9. The fourth-order valence-corrected chi connectivity index (χ4v) is 2.24. The molecule has 0 aliphatic carbocycles. The fourth-order valence-electron chi connectivity index (χ4n) is 2.04. The molecule has 0 unspecified atom stereocenters. The topological polar surface area (TPSA) is 98.5 Å². The minimum Gasteiger partial charge on any atom is -0.455 e. The van der Waals surface area contributed by atoms with E-state index in [1.807, 2.05) is 0 Å². The van der Waals surface area contributed by atoms with E-state index in [2.05, 4.69) is 5.32 Å². The Balaban J connectivity index is 1.90. The Hall–Kier alpha value is -2.93. The first-order valence-electron chi connectivity index (χ1n) is 7.30. The first-order chi connectivity index (χ1) is 11.9. The summed E-state index contributed by atoms with van der Waals surface area (Å²) in [5, 5.41) is 13.7. The van der Waals surface area contributed by atoms with Gasteiger partial charge in [0.2, 0.25) is 0 Å². The van der Waals surface area contributed by atoms with Crippen molar-refractivity contribution in [2.24, 2.45) is 0 Å². The van der Waals surface area contributed by atoms with Gasteiger partial charge in [-0.1, -0.05) is 35.9 Å². The Morgan fingerprint density at radius 3 is 2.64 bits per heavy atom. The Labute approximate surface area is 148 Å². The number of aryl methyl sites for hydroxylation is 1. The van der Waals surface area contributed by atoms with Crippen molar-refractivity contribution in [3.63, 3.8) is 0 Å². The molecule has 0 fully saturated rings. The number of esters is 1. The number of nitro groups is 1. The van der Waals surface area contributed by atoms with E-state index >= 15 is 0 Å². The molecule has 0 bridgehead atoms. The van der Waals surface area contributed by atoms with Crippen molar-refractivity contribution >= 4 is 34.9 Å². The Morgan fingerprint density at radius 1 is 1.24 bits per heavy atom. The highest BCUT2D eigenvalue weighted by Crippen LogP contribution is 2.21. The zero-order valence-corrected chi connectivity index (χ0v) is 14.1. The monoisotopic (exact) mass is 362 g/mol. The molecule has 1 amide bonds. The van der Waals surface area contributed by atoms with Crippen molar-refractivity contribution in [3.8, 4) is 0 Å². The van der Waals surface area contributed by atoms with Gasteiger partial charge in [-0.15, -0.1) is 0 Å². The second-order valence-electron chi connectivity index (χ2n) is 5.23. The molecule has 0 atom stereocenters. The predicted molar refractivity (Wildman–Crippen MR) is 92.6 cm³/mol. The van der Waals surface area contributed by atoms with E-state index in [1.54, 1.807) is 31.2 Å². The SMILES string of the molecule is Cc1ccc([N+](=O)[O-])cc1NC(=O)COC(=O)Cc1ccccc1Cl. The van der Waals surface area contributed by atoms with Gasteiger partial charge in [0.15, 0.2) is 6.61 Å². The summed E-state index contributed by atoms with van der Waals surface area (Å²) in [4.78, 5) is 33.9. The normalized spacial score (nSPS) is 10.2. The maximum atomic E-state index is 11.9. The van der Waals surface area contributed by atoms with Crippen LogP contribution in [0.5, 0.6) is 0 Å². The van der Waals surface area contributed by atoms with E-state index in [4.69, 9.17) is 16.3 Å². The number of benzene rings is 2. The van der Waals surface area contributed by atoms with Crippen molar-refractivity contribution in [2.75, 3.05) is 11.9 Å². The van der Waals surface area contributed by atoms with Gasteiger partial charge in [0.25, 0.3) is 11.6 Å². The van der Waals surface area contributed by atoms with Gasteiger partial charge in [0.05, 0.1) is 17.0 Å². The Kier molecular flexibility index (Phi) is 6.08. The van der Waals surface area contributed by atoms with Crippen LogP contribution in [0.25, 0.3) is 0 Å². The van der Waals surface area contributed by atoms with Gasteiger partial charge in [-0.3, -0.25) is 19.7 Å². The number of halogens is 1. The summed E-state index contributed by atoms with van der Waals surface area (Å²) in [5.74, 6) is -1.19. The maximum Gasteiger partial charge on any atom is 0.310 e. The third kappa shape index (κ3) is 5.29. The van der Waals surface area contributed by atoms with Gasteiger partial charge in [0.1, 0.15) is 0 Å². The third-order valence-electron chi connectivity index (χ3n) is 3.36. The van der Waals surface area contributed by atoms with Gasteiger partial charge >= 0.3 is 5.97 Å². The molecule has 1 N–H and O–H groups in total. The van der Waals surface area contributed by atoms with E-state index in [1.165, 1.54) is 18.2 Å². The minimum atomic E-state index is -0.598. The number of nitrogens with zero attached hydrogens (tertiary/aromatic N) is 1. The highest BCUT2D eigenvalue weighted by molar-refractivity contribution is 6.31. The number of nitro benzene ring substituents is 1. The van der Waals surface area contributed by atoms with E-state index in [0.717, 1.165) is 0 Å². The predicted octanol–water partition coefficient (Wildman–Crippen LogP) is 3.28. The number of ether oxygens (including phenoxy) is 1. The van der Waals surface area contributed by atoms with Gasteiger partial charge in [-0.05, 0) is 24.1 Å². The molecule has 0 spiro atoms. The van der Waals surface area contributed by atoms with Crippen molar-refractivity contribution in [3.05, 3.63) is 68.7 Å². The number of rotatable bonds is 6. The molecule has 0 heterocycles. The first-order valence-corrected chi connectivity index (χ1v) is 7.68. The molecule has 0 saturated carbocycles. The van der Waals surface area contributed by atoms with E-state index in [-0.39, 0.29) is 12.1 Å². The summed E-state index contributed by atoms with van der Waals surface area (Å²) < 4.78 is 4.91. The Morgan fingerprint density at radius 2 is 1.96 bits per heavy atom. The van der Waals surface area contributed by atoms with Crippen LogP contribution >= 0.6 is 11.6 Å². The number of anilines is 1. The number of carbonyl (C=O) groups excluding carboxylic acids is 2. The summed E-state index contributed by atoms with van der Waals surface area (Å²) in [6.07, 6.45) is -0.0528. The molecule has 130 valence electrons. The van der Waals surface area contributed by atoms with Gasteiger partial charge in [-0.25, -0.2) is 0 Å². The van der Waals surface area contributed by atoms with E-state index in [9.17, 15) is 19.7 Å². The van der Waals surface area contributed by atoms with E-state index < -0.39 is 23.4 Å². The highest BCUT2D eigenvalue weighted by Gasteiger charge is 2.13. The maximum absolute atomic E-state index is 11.9. The van der Waals surface area contributed by atoms with Gasteiger partial charge in [-0.2, -0.15) is 0 Å². The summed E-state index contributed by atoms with van der Waals surface area (Å²) >= 11 is 5.95. The van der Waals surface area contributed by atoms with Crippen LogP contribution in [0.3, 0.4) is 0 Å². The zero-order chi connectivity index (χ0) is 18.4. The molecule has 2 aromatic rings. The smallest absolute Gasteiger partial charge is 0.310 e. The summed E-state index contributed by atoms with van der Waals surface area (Å²) in [5.41, 5.74) is 1.41. The number of nitrogens with one attached hydrogen (secondary N) is 1. The lowest BCUT2D eigenvalue weighted by Crippen LogP contribution is -2.22. The molecule has 8 heteroatoms. The van der Waals surface area contributed by atoms with Crippen LogP contribution in [0, 0.1) is 17.0 Å². The number of hydrogen-bond acceptors (Lipinski definition) is 5. The van der Waals surface area contributed by atoms with Crippen LogP contribution < -0.4 is 5.32 Å². The lowest BCUT2D eigenvalue weighted by Gasteiger charge is -2.09. The van der Waals surface area contributed by atoms with Crippen LogP contribution in [-0.4, -0.2) is 23.4 Å². The largest absolute Gasteiger partial charge is 0.455 e. The molecule has 2 aromatic carbocycles. The van der Waals surface area contributed by atoms with Crippen molar-refractivity contribution in [1.82, 2.24) is 0 Å². The average molecular weight is 363 g/mol. The quantitative estimate of drug-likeness (QED) is 0.483. The second-order valence-corrected chi connectivity index (χ2v) is 5.64. The van der Waals surface area contributed by atoms with Crippen molar-refractivity contribution in [1.29, 1.82) is 0 Å². The number of carbonyl (C=O) groups is 2. The van der Waals surface area contributed by atoms with E-state index in [0.29, 0.717) is 21.8 Å². The van der Waals surface area contributed by atoms with Crippen LogP contribution in [0.4, 0.5) is 11.4 Å². The molecule has 25 heavy (non-hydrogen) atoms. The Bertz CT molecular complexity index is 822. The van der Waals surface area contributed by atoms with Crippen LogP contribution in [-0.2, 0) is 20.7 Å². The molecular formula is C17H15ClN2O5. The lowest BCUT2D eigenvalue weighted by atomic mass is 10.1. The number of amides is 1. The standard InChI is InChI=1S/C17H15ClN2O5/c1-11-6-7-13(20(23)24)9-15(11)19-16(21)10-25-17(22)8-12-4-2-3-5-14(12)18/h2-7,9H,8,10H2,1H3,(H,19,21). The molecule has 0 saturated heterocycles. The number of non-ortho nitro benzene ring substituents is 1. The first kappa shape index (κ1) is 18.4. The molecule has 0 aliphatic heterocycles. The van der Waals surface area contributed by atoms with Crippen molar-refractivity contribution < 1.29 is 19.2 Å². The number of hydrogen-bond donors (Lipinski definition) is 1. The zero-order valence-electron chi connectivity index (χ0n) is 13.3. The lowest BCUT2D eigenvalue weighted by molar-refractivity contribution is -0.384.